The fourth-order valence-electron chi connectivity index (χ4n) is 9.31. The predicted molar refractivity (Wildman–Crippen MR) is 276 cm³/mol. The molecule has 318 valence electrons. The van der Waals surface area contributed by atoms with Crippen molar-refractivity contribution in [1.82, 2.24) is 19.9 Å². The Bertz CT molecular complexity index is 4030. The molecule has 4 heterocycles. The van der Waals surface area contributed by atoms with Crippen molar-refractivity contribution in [3.8, 4) is 89.8 Å². The Morgan fingerprint density at radius 3 is 1.04 bits per heavy atom. The zero-order valence-electron chi connectivity index (χ0n) is 36.5. The molecule has 0 radical (unpaired) electrons. The molecule has 0 unspecified atom stereocenters. The van der Waals surface area contributed by atoms with Gasteiger partial charge in [0.15, 0.2) is 22.8 Å². The Balaban J connectivity index is 0.852. The molecule has 13 rings (SSSR count). The van der Waals surface area contributed by atoms with E-state index in [1.807, 2.05) is 48.5 Å². The molecule has 0 saturated heterocycles. The van der Waals surface area contributed by atoms with E-state index in [0.717, 1.165) is 111 Å². The number of rotatable bonds is 8. The summed E-state index contributed by atoms with van der Waals surface area (Å²) in [5, 5.41) is 1.91. The Morgan fingerprint density at radius 2 is 0.559 bits per heavy atom. The molecule has 4 aromatic heterocycles. The van der Waals surface area contributed by atoms with Gasteiger partial charge in [0.05, 0.1) is 0 Å². The van der Waals surface area contributed by atoms with Crippen LogP contribution in [0.1, 0.15) is 0 Å². The fourth-order valence-corrected chi connectivity index (χ4v) is 9.31. The van der Waals surface area contributed by atoms with Gasteiger partial charge in [-0.05, 0) is 93.0 Å². The number of hydrogen-bond acceptors (Lipinski definition) is 6. The van der Waals surface area contributed by atoms with Crippen molar-refractivity contribution in [3.63, 3.8) is 0 Å². The third kappa shape index (κ3) is 7.00. The summed E-state index contributed by atoms with van der Waals surface area (Å²) in [7, 11) is 0. The molecule has 0 saturated carbocycles. The molecule has 6 nitrogen and oxygen atoms in total. The van der Waals surface area contributed by atoms with Crippen molar-refractivity contribution in [3.05, 3.63) is 231 Å². The van der Waals surface area contributed by atoms with Crippen molar-refractivity contribution >= 4 is 44.1 Å². The minimum Gasteiger partial charge on any atom is -0.452 e. The van der Waals surface area contributed by atoms with Gasteiger partial charge in [0.25, 0.3) is 0 Å². The van der Waals surface area contributed by atoms with Crippen LogP contribution in [0, 0.1) is 0 Å². The predicted octanol–water partition coefficient (Wildman–Crippen LogP) is 16.4. The van der Waals surface area contributed by atoms with Crippen molar-refractivity contribution < 1.29 is 8.83 Å². The number of nitrogens with zero attached hydrogens (tertiary/aromatic N) is 4. The SMILES string of the molecule is c1ccc(-c2cccc(-c3nc(-c4ccc(-c5cccc(-c6cccc(-c7nc(-c8cccc(-c9ccccc9)c8)c8oc9ccccc9c8n7)c6)c5)cc4)nc4c3oc3ccccc34)c2)cc1. The van der Waals surface area contributed by atoms with E-state index < -0.39 is 0 Å². The van der Waals surface area contributed by atoms with Gasteiger partial charge in [0, 0.05) is 33.0 Å². The largest absolute Gasteiger partial charge is 0.452 e. The lowest BCUT2D eigenvalue weighted by Gasteiger charge is -2.11. The molecule has 0 bridgehead atoms. The topological polar surface area (TPSA) is 77.8 Å². The van der Waals surface area contributed by atoms with Crippen molar-refractivity contribution in [1.29, 1.82) is 0 Å². The highest BCUT2D eigenvalue weighted by atomic mass is 16.3. The first-order valence-corrected chi connectivity index (χ1v) is 22.7. The lowest BCUT2D eigenvalue weighted by atomic mass is 9.97. The van der Waals surface area contributed by atoms with Crippen molar-refractivity contribution in [2.45, 2.75) is 0 Å². The molecule has 0 N–H and O–H groups in total. The van der Waals surface area contributed by atoms with Gasteiger partial charge >= 0.3 is 0 Å². The highest BCUT2D eigenvalue weighted by Crippen LogP contribution is 2.40. The van der Waals surface area contributed by atoms with Crippen LogP contribution in [-0.2, 0) is 0 Å². The first kappa shape index (κ1) is 39.1. The average molecular weight is 871 g/mol. The molecule has 0 aliphatic heterocycles. The molecule has 68 heavy (non-hydrogen) atoms. The minimum atomic E-state index is 0.633. The van der Waals surface area contributed by atoms with Crippen LogP contribution in [-0.4, -0.2) is 19.9 Å². The second-order valence-electron chi connectivity index (χ2n) is 17.0. The van der Waals surface area contributed by atoms with E-state index in [4.69, 9.17) is 28.8 Å². The minimum absolute atomic E-state index is 0.633. The summed E-state index contributed by atoms with van der Waals surface area (Å²) in [5.41, 5.74) is 18.6. The van der Waals surface area contributed by atoms with E-state index >= 15 is 0 Å². The zero-order valence-corrected chi connectivity index (χ0v) is 36.5. The quantitative estimate of drug-likeness (QED) is 0.151. The molecule has 0 fully saturated rings. The number of benzene rings is 9. The van der Waals surface area contributed by atoms with Crippen LogP contribution >= 0.6 is 0 Å². The monoisotopic (exact) mass is 870 g/mol. The third-order valence-corrected chi connectivity index (χ3v) is 12.7. The maximum Gasteiger partial charge on any atom is 0.180 e. The van der Waals surface area contributed by atoms with Crippen LogP contribution in [0.5, 0.6) is 0 Å². The summed E-state index contributed by atoms with van der Waals surface area (Å²) in [6, 6.07) is 79.5. The van der Waals surface area contributed by atoms with E-state index in [1.54, 1.807) is 0 Å². The summed E-state index contributed by atoms with van der Waals surface area (Å²) in [6.45, 7) is 0. The van der Waals surface area contributed by atoms with Gasteiger partial charge in [-0.15, -0.1) is 0 Å². The zero-order chi connectivity index (χ0) is 45.0. The van der Waals surface area contributed by atoms with Gasteiger partial charge in [-0.2, -0.15) is 0 Å². The molecule has 0 spiro atoms. The van der Waals surface area contributed by atoms with Crippen LogP contribution < -0.4 is 0 Å². The van der Waals surface area contributed by atoms with E-state index in [2.05, 4.69) is 182 Å². The van der Waals surface area contributed by atoms with Gasteiger partial charge in [0.2, 0.25) is 0 Å². The van der Waals surface area contributed by atoms with Gasteiger partial charge < -0.3 is 8.83 Å². The average Bonchev–Trinajstić information content (AvgIpc) is 4.00. The standard InChI is InChI=1S/C62H38N4O2/c1-3-15-39(16-4-1)44-20-12-24-48(36-44)55-59-57(51-27-7-9-29-53(51)67-59)65-61(63-55)42-33-31-41(32-34-42)43-19-11-22-46(35-43)47-23-14-26-50(38-47)62-64-56(60-58(66-62)52-28-8-10-30-54(52)68-60)49-25-13-21-45(37-49)40-17-5-2-6-18-40/h1-38H. The molecule has 0 atom stereocenters. The second kappa shape index (κ2) is 16.3. The molecule has 13 aromatic rings. The highest BCUT2D eigenvalue weighted by molar-refractivity contribution is 6.08. The normalized spacial score (nSPS) is 11.5. The summed E-state index contributed by atoms with van der Waals surface area (Å²) in [6.07, 6.45) is 0. The van der Waals surface area contributed by atoms with Crippen molar-refractivity contribution in [2.75, 3.05) is 0 Å². The molecule has 6 heteroatoms. The lowest BCUT2D eigenvalue weighted by molar-refractivity contribution is 0.667. The number of aromatic nitrogens is 4. The molecule has 9 aromatic carbocycles. The first-order chi connectivity index (χ1) is 33.7. The van der Waals surface area contributed by atoms with Gasteiger partial charge in [-0.3, -0.25) is 0 Å². The molecule has 0 aliphatic carbocycles. The molecular formula is C62H38N4O2. The van der Waals surface area contributed by atoms with E-state index in [1.165, 1.54) is 0 Å². The van der Waals surface area contributed by atoms with E-state index in [-0.39, 0.29) is 0 Å². The van der Waals surface area contributed by atoms with Crippen LogP contribution in [0.2, 0.25) is 0 Å². The van der Waals surface area contributed by atoms with Gasteiger partial charge in [0.1, 0.15) is 33.6 Å². The van der Waals surface area contributed by atoms with Crippen molar-refractivity contribution in [2.24, 2.45) is 0 Å². The Labute approximate surface area is 391 Å². The maximum atomic E-state index is 6.49. The summed E-state index contributed by atoms with van der Waals surface area (Å²) >= 11 is 0. The summed E-state index contributed by atoms with van der Waals surface area (Å²) in [5.74, 6) is 1.27. The third-order valence-electron chi connectivity index (χ3n) is 12.7. The second-order valence-corrected chi connectivity index (χ2v) is 17.0. The smallest absolute Gasteiger partial charge is 0.180 e. The van der Waals surface area contributed by atoms with E-state index in [9.17, 15) is 0 Å². The Hall–Kier alpha value is -9.26. The lowest BCUT2D eigenvalue weighted by Crippen LogP contribution is -1.95. The van der Waals surface area contributed by atoms with Crippen LogP contribution in [0.15, 0.2) is 239 Å². The van der Waals surface area contributed by atoms with Gasteiger partial charge in [-0.1, -0.05) is 182 Å². The molecular weight excluding hydrogens is 833 g/mol. The van der Waals surface area contributed by atoms with Gasteiger partial charge in [-0.25, -0.2) is 19.9 Å². The fraction of sp³-hybridized carbons (Fsp3) is 0. The van der Waals surface area contributed by atoms with Crippen LogP contribution in [0.25, 0.3) is 134 Å². The Morgan fingerprint density at radius 1 is 0.235 bits per heavy atom. The molecule has 0 amide bonds. The number of para-hydroxylation sites is 2. The Kier molecular flexibility index (Phi) is 9.39. The number of fused-ring (bicyclic) bond motifs is 6. The first-order valence-electron chi connectivity index (χ1n) is 22.7. The molecule has 0 aliphatic rings. The number of hydrogen-bond donors (Lipinski definition) is 0. The summed E-state index contributed by atoms with van der Waals surface area (Å²) < 4.78 is 13.0. The maximum absolute atomic E-state index is 6.49. The van der Waals surface area contributed by atoms with Crippen LogP contribution in [0.4, 0.5) is 0 Å². The highest BCUT2D eigenvalue weighted by Gasteiger charge is 2.21. The summed E-state index contributed by atoms with van der Waals surface area (Å²) in [4.78, 5) is 20.8. The van der Waals surface area contributed by atoms with E-state index in [0.29, 0.717) is 22.8 Å². The van der Waals surface area contributed by atoms with Crippen LogP contribution in [0.3, 0.4) is 0 Å². The number of furan rings is 2.